The van der Waals surface area contributed by atoms with E-state index in [1.165, 1.54) is 16.4 Å². The third-order valence-corrected chi connectivity index (χ3v) is 1.80. The third-order valence-electron chi connectivity index (χ3n) is 1.80. The van der Waals surface area contributed by atoms with Crippen LogP contribution in [-0.2, 0) is 14.1 Å². The molecule has 1 heterocycles. The molecule has 0 bridgehead atoms. The molecule has 5 nitrogen and oxygen atoms in total. The quantitative estimate of drug-likeness (QED) is 0.504. The average Bonchev–Trinajstić information content (AvgIpc) is 2.08. The van der Waals surface area contributed by atoms with Gasteiger partial charge in [-0.1, -0.05) is 4.68 Å². The Morgan fingerprint density at radius 1 is 1.58 bits per heavy atom. The lowest BCUT2D eigenvalue weighted by atomic mass is 10.5. The minimum Gasteiger partial charge on any atom is -0.464 e. The summed E-state index contributed by atoms with van der Waals surface area (Å²) in [5.74, 6) is 0. The number of methoxy groups -OCH3 is 1. The first kappa shape index (κ1) is 8.70. The predicted molar refractivity (Wildman–Crippen MR) is 41.9 cm³/mol. The highest BCUT2D eigenvalue weighted by Crippen LogP contribution is 1.95. The topological polar surface area (TPSA) is 48.0 Å². The van der Waals surface area contributed by atoms with Crippen molar-refractivity contribution in [3.63, 3.8) is 0 Å². The second kappa shape index (κ2) is 2.92. The van der Waals surface area contributed by atoms with E-state index in [9.17, 15) is 4.79 Å². The van der Waals surface area contributed by atoms with E-state index in [1.54, 1.807) is 21.0 Å². The number of nitrogens with zero attached hydrogens (tertiary/aromatic N) is 3. The van der Waals surface area contributed by atoms with Gasteiger partial charge in [0.15, 0.2) is 7.05 Å². The van der Waals surface area contributed by atoms with Gasteiger partial charge in [-0.2, -0.15) is 0 Å². The van der Waals surface area contributed by atoms with Gasteiger partial charge in [0.2, 0.25) is 0 Å². The fraction of sp³-hybridized carbons (Fsp3) is 0.571. The van der Waals surface area contributed by atoms with Crippen molar-refractivity contribution < 1.29 is 9.42 Å². The smallest absolute Gasteiger partial charge is 0.361 e. The first-order chi connectivity index (χ1) is 5.57. The summed E-state index contributed by atoms with van der Waals surface area (Å²) in [6.07, 6.45) is 0. The first-order valence-corrected chi connectivity index (χ1v) is 3.56. The minimum atomic E-state index is -0.0932. The van der Waals surface area contributed by atoms with Gasteiger partial charge < -0.3 is 4.74 Å². The summed E-state index contributed by atoms with van der Waals surface area (Å²) in [6, 6.07) is 0.313. The number of rotatable bonds is 1. The third kappa shape index (κ3) is 1.17. The molecule has 0 aliphatic carbocycles. The van der Waals surface area contributed by atoms with Gasteiger partial charge in [0.05, 0.1) is 12.2 Å². The summed E-state index contributed by atoms with van der Waals surface area (Å²) >= 11 is 0. The molecule has 0 aliphatic heterocycles. The van der Waals surface area contributed by atoms with Crippen molar-refractivity contribution in [2.75, 3.05) is 7.11 Å². The van der Waals surface area contributed by atoms with Crippen LogP contribution in [0.15, 0.2) is 4.79 Å². The number of hydrogen-bond acceptors (Lipinski definition) is 3. The van der Waals surface area contributed by atoms with Crippen LogP contribution in [0.5, 0.6) is 6.01 Å². The fourth-order valence-electron chi connectivity index (χ4n) is 0.916. The van der Waals surface area contributed by atoms with Crippen LogP contribution in [0.4, 0.5) is 0 Å². The summed E-state index contributed by atoms with van der Waals surface area (Å²) in [6.45, 7) is 1.72. The summed E-state index contributed by atoms with van der Waals surface area (Å²) in [4.78, 5) is 11.4. The Bertz CT molecular complexity index is 356. The first-order valence-electron chi connectivity index (χ1n) is 3.56. The molecule has 0 spiro atoms. The number of aromatic nitrogens is 3. The molecule has 0 saturated carbocycles. The molecule has 1 aromatic rings. The molecule has 0 aliphatic rings. The molecule has 1 rings (SSSR count). The summed E-state index contributed by atoms with van der Waals surface area (Å²) in [7, 11) is 4.82. The Balaban J connectivity index is 3.50. The van der Waals surface area contributed by atoms with Crippen LogP contribution in [0.2, 0.25) is 0 Å². The molecule has 0 saturated heterocycles. The molecule has 0 fully saturated rings. The van der Waals surface area contributed by atoms with Crippen LogP contribution >= 0.6 is 0 Å². The maximum absolute atomic E-state index is 11.4. The van der Waals surface area contributed by atoms with Crippen LogP contribution in [-0.4, -0.2) is 16.8 Å². The largest absolute Gasteiger partial charge is 0.464 e. The lowest BCUT2D eigenvalue weighted by Gasteiger charge is -2.01. The van der Waals surface area contributed by atoms with Crippen molar-refractivity contribution in [2.24, 2.45) is 14.1 Å². The Morgan fingerprint density at radius 2 is 2.17 bits per heavy atom. The second-order valence-electron chi connectivity index (χ2n) is 2.56. The minimum absolute atomic E-state index is 0.0932. The van der Waals surface area contributed by atoms with Crippen molar-refractivity contribution in [2.45, 2.75) is 6.92 Å². The average molecular weight is 170 g/mol. The molecule has 0 aromatic carbocycles. The van der Waals surface area contributed by atoms with Crippen molar-refractivity contribution in [1.29, 1.82) is 0 Å². The van der Waals surface area contributed by atoms with Crippen molar-refractivity contribution in [1.82, 2.24) is 9.67 Å². The van der Waals surface area contributed by atoms with Crippen molar-refractivity contribution in [3.8, 4) is 6.01 Å². The number of ether oxygens (including phenoxy) is 1. The Hall–Kier alpha value is -1.39. The predicted octanol–water partition coefficient (Wildman–Crippen LogP) is -1.08. The molecule has 5 heteroatoms. The highest BCUT2D eigenvalue weighted by Gasteiger charge is 2.14. The van der Waals surface area contributed by atoms with Gasteiger partial charge in [-0.15, -0.1) is 0 Å². The van der Waals surface area contributed by atoms with E-state index >= 15 is 0 Å². The summed E-state index contributed by atoms with van der Waals surface area (Å²) in [5, 5.41) is 4.01. The maximum Gasteiger partial charge on any atom is 0.361 e. The molecule has 0 unspecified atom stereocenters. The zero-order valence-corrected chi connectivity index (χ0v) is 7.66. The second-order valence-corrected chi connectivity index (χ2v) is 2.56. The lowest BCUT2D eigenvalue weighted by molar-refractivity contribution is -0.738. The van der Waals surface area contributed by atoms with Gasteiger partial charge in [0, 0.05) is 14.0 Å². The van der Waals surface area contributed by atoms with E-state index in [0.29, 0.717) is 11.7 Å². The lowest BCUT2D eigenvalue weighted by Crippen LogP contribution is -2.45. The van der Waals surface area contributed by atoms with E-state index in [1.807, 2.05) is 0 Å². The Kier molecular flexibility index (Phi) is 2.12. The van der Waals surface area contributed by atoms with Crippen LogP contribution in [0.1, 0.15) is 5.69 Å². The number of hydrogen-bond donors (Lipinski definition) is 0. The van der Waals surface area contributed by atoms with Gasteiger partial charge in [0.1, 0.15) is 0 Å². The van der Waals surface area contributed by atoms with E-state index in [-0.39, 0.29) is 5.56 Å². The molecule has 0 amide bonds. The van der Waals surface area contributed by atoms with Crippen molar-refractivity contribution in [3.05, 3.63) is 16.0 Å². The van der Waals surface area contributed by atoms with Gasteiger partial charge in [-0.05, 0) is 0 Å². The van der Waals surface area contributed by atoms with E-state index in [2.05, 4.69) is 5.10 Å². The van der Waals surface area contributed by atoms with E-state index in [4.69, 9.17) is 4.74 Å². The monoisotopic (exact) mass is 170 g/mol. The molecular formula is C7H12N3O2+. The standard InChI is InChI=1S/C7H12N3O2/c1-5-6(11)9(2)7(12-4)8-10(5)3/h1-4H3/q+1. The molecule has 12 heavy (non-hydrogen) atoms. The number of aryl methyl sites for hydroxylation is 1. The van der Waals surface area contributed by atoms with Crippen LogP contribution in [0, 0.1) is 6.92 Å². The Labute approximate surface area is 70.2 Å². The van der Waals surface area contributed by atoms with Gasteiger partial charge >= 0.3 is 11.6 Å². The zero-order valence-electron chi connectivity index (χ0n) is 7.66. The normalized spacial score (nSPS) is 10.0. The van der Waals surface area contributed by atoms with Gasteiger partial charge in [-0.3, -0.25) is 9.36 Å². The zero-order chi connectivity index (χ0) is 9.30. The molecule has 66 valence electrons. The van der Waals surface area contributed by atoms with Crippen molar-refractivity contribution >= 4 is 0 Å². The molecule has 1 aromatic heterocycles. The maximum atomic E-state index is 11.4. The summed E-state index contributed by atoms with van der Waals surface area (Å²) < 4.78 is 7.76. The van der Waals surface area contributed by atoms with Crippen LogP contribution in [0.3, 0.4) is 0 Å². The highest BCUT2D eigenvalue weighted by atomic mass is 16.5. The SMILES string of the molecule is COc1n[n+](C)c(C)c(=O)n1C. The molecule has 0 radical (unpaired) electrons. The fourth-order valence-corrected chi connectivity index (χ4v) is 0.916. The van der Waals surface area contributed by atoms with E-state index in [0.717, 1.165) is 0 Å². The van der Waals surface area contributed by atoms with Crippen LogP contribution < -0.4 is 15.0 Å². The Morgan fingerprint density at radius 3 is 2.67 bits per heavy atom. The van der Waals surface area contributed by atoms with Crippen LogP contribution in [0.25, 0.3) is 0 Å². The van der Waals surface area contributed by atoms with E-state index < -0.39 is 0 Å². The molecule has 0 atom stereocenters. The molecule has 0 N–H and O–H groups in total. The highest BCUT2D eigenvalue weighted by molar-refractivity contribution is 4.94. The summed E-state index contributed by atoms with van der Waals surface area (Å²) in [5.41, 5.74) is 0.489. The molecular weight excluding hydrogens is 158 g/mol. The van der Waals surface area contributed by atoms with Gasteiger partial charge in [-0.25, -0.2) is 0 Å². The van der Waals surface area contributed by atoms with Gasteiger partial charge in [0.25, 0.3) is 5.69 Å².